The van der Waals surface area contributed by atoms with Crippen LogP contribution in [0.2, 0.25) is 0 Å². The van der Waals surface area contributed by atoms with E-state index in [1.54, 1.807) is 0 Å². The van der Waals surface area contributed by atoms with E-state index in [0.717, 1.165) is 13.0 Å². The van der Waals surface area contributed by atoms with E-state index in [1.165, 1.54) is 24.0 Å². The van der Waals surface area contributed by atoms with Gasteiger partial charge >= 0.3 is 0 Å². The second-order valence-corrected chi connectivity index (χ2v) is 4.04. The molecule has 1 saturated carbocycles. The molecule has 0 bridgehead atoms. The molecule has 1 aliphatic rings. The van der Waals surface area contributed by atoms with Crippen molar-refractivity contribution in [1.29, 1.82) is 0 Å². The Bertz CT molecular complexity index is 300. The molecule has 0 spiro atoms. The van der Waals surface area contributed by atoms with Crippen LogP contribution in [0.1, 0.15) is 30.9 Å². The van der Waals surface area contributed by atoms with Crippen molar-refractivity contribution in [2.75, 3.05) is 6.54 Å². The molecule has 0 unspecified atom stereocenters. The maximum absolute atomic E-state index is 5.79. The average Bonchev–Trinajstić information content (AvgIpc) is 2.99. The minimum atomic E-state index is 0.352. The second kappa shape index (κ2) is 3.15. The topological polar surface area (TPSA) is 26.0 Å². The standard InChI is InChI=1S/C12H17N/c1-2-10-4-3-5-11(8-10)12(9-13)6-7-12/h3-5,8H,2,6-7,9,13H2,1H3. The van der Waals surface area contributed by atoms with Crippen LogP contribution in [-0.2, 0) is 11.8 Å². The van der Waals surface area contributed by atoms with Gasteiger partial charge in [0.1, 0.15) is 0 Å². The molecule has 1 heteroatoms. The molecule has 2 rings (SSSR count). The highest BCUT2D eigenvalue weighted by atomic mass is 14.7. The SMILES string of the molecule is CCc1cccc(C2(CN)CC2)c1. The van der Waals surface area contributed by atoms with Gasteiger partial charge in [0, 0.05) is 12.0 Å². The zero-order chi connectivity index (χ0) is 9.31. The Morgan fingerprint density at radius 2 is 2.15 bits per heavy atom. The molecule has 0 aliphatic heterocycles. The summed E-state index contributed by atoms with van der Waals surface area (Å²) in [6.45, 7) is 3.00. The molecular weight excluding hydrogens is 158 g/mol. The Hall–Kier alpha value is -0.820. The molecule has 0 aromatic heterocycles. The molecule has 1 fully saturated rings. The zero-order valence-electron chi connectivity index (χ0n) is 8.22. The summed E-state index contributed by atoms with van der Waals surface area (Å²) in [4.78, 5) is 0. The minimum absolute atomic E-state index is 0.352. The molecule has 0 saturated heterocycles. The first-order chi connectivity index (χ1) is 6.30. The molecule has 0 radical (unpaired) electrons. The summed E-state index contributed by atoms with van der Waals surface area (Å²) in [5, 5.41) is 0. The van der Waals surface area contributed by atoms with Crippen LogP contribution in [0, 0.1) is 0 Å². The monoisotopic (exact) mass is 175 g/mol. The minimum Gasteiger partial charge on any atom is -0.330 e. The van der Waals surface area contributed by atoms with Crippen molar-refractivity contribution in [3.63, 3.8) is 0 Å². The Balaban J connectivity index is 2.30. The van der Waals surface area contributed by atoms with E-state index in [1.807, 2.05) is 0 Å². The van der Waals surface area contributed by atoms with E-state index < -0.39 is 0 Å². The highest BCUT2D eigenvalue weighted by molar-refractivity contribution is 5.35. The fraction of sp³-hybridized carbons (Fsp3) is 0.500. The van der Waals surface area contributed by atoms with Crippen molar-refractivity contribution in [3.8, 4) is 0 Å². The Labute approximate surface area is 80.0 Å². The summed E-state index contributed by atoms with van der Waals surface area (Å²) < 4.78 is 0. The molecule has 0 amide bonds. The third-order valence-corrected chi connectivity index (χ3v) is 3.19. The molecule has 13 heavy (non-hydrogen) atoms. The van der Waals surface area contributed by atoms with Crippen molar-refractivity contribution >= 4 is 0 Å². The largest absolute Gasteiger partial charge is 0.330 e. The van der Waals surface area contributed by atoms with Gasteiger partial charge in [-0.25, -0.2) is 0 Å². The van der Waals surface area contributed by atoms with Gasteiger partial charge in [0.2, 0.25) is 0 Å². The van der Waals surface area contributed by atoms with Crippen LogP contribution in [0.3, 0.4) is 0 Å². The Morgan fingerprint density at radius 3 is 2.69 bits per heavy atom. The number of hydrogen-bond donors (Lipinski definition) is 1. The van der Waals surface area contributed by atoms with E-state index in [4.69, 9.17) is 5.73 Å². The predicted molar refractivity (Wildman–Crippen MR) is 55.8 cm³/mol. The van der Waals surface area contributed by atoms with E-state index in [-0.39, 0.29) is 0 Å². The average molecular weight is 175 g/mol. The van der Waals surface area contributed by atoms with Gasteiger partial charge in [-0.3, -0.25) is 0 Å². The van der Waals surface area contributed by atoms with E-state index in [9.17, 15) is 0 Å². The van der Waals surface area contributed by atoms with Gasteiger partial charge in [0.15, 0.2) is 0 Å². The van der Waals surface area contributed by atoms with E-state index in [2.05, 4.69) is 31.2 Å². The summed E-state index contributed by atoms with van der Waals surface area (Å²) in [6.07, 6.45) is 3.67. The van der Waals surface area contributed by atoms with Gasteiger partial charge in [0.05, 0.1) is 0 Å². The summed E-state index contributed by atoms with van der Waals surface area (Å²) in [6, 6.07) is 8.89. The number of hydrogen-bond acceptors (Lipinski definition) is 1. The van der Waals surface area contributed by atoms with Crippen LogP contribution in [-0.4, -0.2) is 6.54 Å². The molecule has 1 nitrogen and oxygen atoms in total. The Morgan fingerprint density at radius 1 is 1.38 bits per heavy atom. The fourth-order valence-electron chi connectivity index (χ4n) is 1.88. The van der Waals surface area contributed by atoms with Gasteiger partial charge in [-0.05, 0) is 30.4 Å². The molecule has 0 atom stereocenters. The van der Waals surface area contributed by atoms with Gasteiger partial charge in [0.25, 0.3) is 0 Å². The van der Waals surface area contributed by atoms with Crippen LogP contribution in [0.25, 0.3) is 0 Å². The number of benzene rings is 1. The van der Waals surface area contributed by atoms with Gasteiger partial charge in [-0.15, -0.1) is 0 Å². The van der Waals surface area contributed by atoms with Gasteiger partial charge < -0.3 is 5.73 Å². The third kappa shape index (κ3) is 1.49. The van der Waals surface area contributed by atoms with Crippen LogP contribution < -0.4 is 5.73 Å². The van der Waals surface area contributed by atoms with Crippen LogP contribution in [0.15, 0.2) is 24.3 Å². The summed E-state index contributed by atoms with van der Waals surface area (Å²) in [7, 11) is 0. The first-order valence-corrected chi connectivity index (χ1v) is 5.10. The molecule has 1 aromatic rings. The smallest absolute Gasteiger partial charge is 0.00763 e. The van der Waals surface area contributed by atoms with Crippen LogP contribution in [0.5, 0.6) is 0 Å². The number of aryl methyl sites for hydroxylation is 1. The summed E-state index contributed by atoms with van der Waals surface area (Å²) in [5.41, 5.74) is 9.03. The van der Waals surface area contributed by atoms with Crippen molar-refractivity contribution in [1.82, 2.24) is 0 Å². The van der Waals surface area contributed by atoms with Crippen molar-refractivity contribution in [3.05, 3.63) is 35.4 Å². The quantitative estimate of drug-likeness (QED) is 0.749. The highest BCUT2D eigenvalue weighted by Crippen LogP contribution is 2.47. The van der Waals surface area contributed by atoms with Crippen LogP contribution in [0.4, 0.5) is 0 Å². The lowest BCUT2D eigenvalue weighted by molar-refractivity contribution is 0.703. The molecule has 70 valence electrons. The lowest BCUT2D eigenvalue weighted by atomic mass is 9.94. The number of rotatable bonds is 3. The van der Waals surface area contributed by atoms with E-state index in [0.29, 0.717) is 5.41 Å². The maximum Gasteiger partial charge on any atom is 0.00763 e. The third-order valence-electron chi connectivity index (χ3n) is 3.19. The lowest BCUT2D eigenvalue weighted by Crippen LogP contribution is -2.19. The fourth-order valence-corrected chi connectivity index (χ4v) is 1.88. The van der Waals surface area contributed by atoms with Crippen molar-refractivity contribution in [2.45, 2.75) is 31.6 Å². The molecular formula is C12H17N. The lowest BCUT2D eigenvalue weighted by Gasteiger charge is -2.13. The Kier molecular flexibility index (Phi) is 2.12. The second-order valence-electron chi connectivity index (χ2n) is 4.04. The maximum atomic E-state index is 5.79. The normalized spacial score (nSPS) is 18.6. The van der Waals surface area contributed by atoms with Gasteiger partial charge in [-0.1, -0.05) is 31.2 Å². The van der Waals surface area contributed by atoms with Crippen molar-refractivity contribution < 1.29 is 0 Å². The highest BCUT2D eigenvalue weighted by Gasteiger charge is 2.42. The summed E-state index contributed by atoms with van der Waals surface area (Å²) >= 11 is 0. The van der Waals surface area contributed by atoms with Crippen molar-refractivity contribution in [2.24, 2.45) is 5.73 Å². The molecule has 0 heterocycles. The van der Waals surface area contributed by atoms with E-state index >= 15 is 0 Å². The van der Waals surface area contributed by atoms with Crippen LogP contribution >= 0.6 is 0 Å². The first kappa shape index (κ1) is 8.76. The van der Waals surface area contributed by atoms with Gasteiger partial charge in [-0.2, -0.15) is 0 Å². The summed E-state index contributed by atoms with van der Waals surface area (Å²) in [5.74, 6) is 0. The predicted octanol–water partition coefficient (Wildman–Crippen LogP) is 2.24. The zero-order valence-corrected chi connectivity index (χ0v) is 8.22. The number of nitrogens with two attached hydrogens (primary N) is 1. The molecule has 1 aliphatic carbocycles. The molecule has 1 aromatic carbocycles. The first-order valence-electron chi connectivity index (χ1n) is 5.10. The molecule has 2 N–H and O–H groups in total.